The van der Waals surface area contributed by atoms with Gasteiger partial charge in [0, 0.05) is 19.1 Å². The number of rotatable bonds is 8. The van der Waals surface area contributed by atoms with Crippen LogP contribution in [0.2, 0.25) is 0 Å². The van der Waals surface area contributed by atoms with Crippen molar-refractivity contribution in [1.82, 2.24) is 9.62 Å². The van der Waals surface area contributed by atoms with Gasteiger partial charge in [-0.25, -0.2) is 8.42 Å². The van der Waals surface area contributed by atoms with Crippen molar-refractivity contribution in [2.45, 2.75) is 57.0 Å². The Morgan fingerprint density at radius 1 is 1.29 bits per heavy atom. The molecule has 1 aliphatic carbocycles. The minimum Gasteiger partial charge on any atom is -0.316 e. The molecule has 0 unspecified atom stereocenters. The number of benzene rings is 1. The first-order chi connectivity index (χ1) is 10.0. The Morgan fingerprint density at radius 2 is 2.00 bits per heavy atom. The summed E-state index contributed by atoms with van der Waals surface area (Å²) in [5.74, 6) is 0. The Kier molecular flexibility index (Phi) is 5.41. The lowest BCUT2D eigenvalue weighted by Crippen LogP contribution is -2.34. The lowest BCUT2D eigenvalue weighted by atomic mass is 10.1. The molecule has 0 aromatic heterocycles. The molecule has 1 N–H and O–H groups in total. The zero-order valence-electron chi connectivity index (χ0n) is 13.2. The fraction of sp³-hybridized carbons (Fsp3) is 0.625. The van der Waals surface area contributed by atoms with E-state index < -0.39 is 10.0 Å². The normalized spacial score (nSPS) is 15.6. The molecule has 4 nitrogen and oxygen atoms in total. The molecule has 1 aromatic carbocycles. The van der Waals surface area contributed by atoms with Crippen LogP contribution in [0.1, 0.15) is 44.2 Å². The molecule has 2 rings (SSSR count). The molecule has 0 atom stereocenters. The van der Waals surface area contributed by atoms with Crippen LogP contribution in [0.5, 0.6) is 0 Å². The zero-order valence-corrected chi connectivity index (χ0v) is 14.0. The van der Waals surface area contributed by atoms with E-state index in [1.807, 2.05) is 39.1 Å². The first kappa shape index (κ1) is 16.5. The van der Waals surface area contributed by atoms with Crippen LogP contribution >= 0.6 is 0 Å². The molecule has 21 heavy (non-hydrogen) atoms. The number of hydrogen-bond donors (Lipinski definition) is 1. The molecule has 0 radical (unpaired) electrons. The van der Waals surface area contributed by atoms with Gasteiger partial charge >= 0.3 is 0 Å². The van der Waals surface area contributed by atoms with Crippen LogP contribution in [0.4, 0.5) is 0 Å². The molecule has 0 bridgehead atoms. The number of sulfonamides is 1. The number of aryl methyl sites for hydroxylation is 1. The quantitative estimate of drug-likeness (QED) is 0.803. The monoisotopic (exact) mass is 310 g/mol. The largest absolute Gasteiger partial charge is 0.316 e. The fourth-order valence-corrected chi connectivity index (χ4v) is 4.78. The molecule has 1 saturated carbocycles. The van der Waals surface area contributed by atoms with Crippen molar-refractivity contribution in [3.8, 4) is 0 Å². The average Bonchev–Trinajstić information content (AvgIpc) is 3.29. The van der Waals surface area contributed by atoms with Crippen LogP contribution in [0.15, 0.2) is 23.1 Å². The molecule has 1 aliphatic rings. The summed E-state index contributed by atoms with van der Waals surface area (Å²) in [5, 5.41) is 3.08. The van der Waals surface area contributed by atoms with E-state index in [0.29, 0.717) is 18.0 Å². The maximum atomic E-state index is 13.0. The van der Waals surface area contributed by atoms with Gasteiger partial charge in [0.15, 0.2) is 0 Å². The summed E-state index contributed by atoms with van der Waals surface area (Å²) >= 11 is 0. The van der Waals surface area contributed by atoms with Gasteiger partial charge in [-0.05, 0) is 49.9 Å². The number of nitrogens with one attached hydrogen (secondary N) is 1. The van der Waals surface area contributed by atoms with E-state index in [9.17, 15) is 8.42 Å². The second-order valence-electron chi connectivity index (χ2n) is 5.67. The highest BCUT2D eigenvalue weighted by Crippen LogP contribution is 2.33. The molecule has 0 amide bonds. The predicted octanol–water partition coefficient (Wildman–Crippen LogP) is 2.53. The predicted molar refractivity (Wildman–Crippen MR) is 85.8 cm³/mol. The van der Waals surface area contributed by atoms with Crippen molar-refractivity contribution >= 4 is 10.0 Å². The van der Waals surface area contributed by atoms with Crippen molar-refractivity contribution in [3.63, 3.8) is 0 Å². The van der Waals surface area contributed by atoms with Crippen molar-refractivity contribution in [2.75, 3.05) is 13.6 Å². The Hall–Kier alpha value is -0.910. The third kappa shape index (κ3) is 3.65. The molecule has 1 aromatic rings. The van der Waals surface area contributed by atoms with Gasteiger partial charge in [0.05, 0.1) is 4.90 Å². The van der Waals surface area contributed by atoms with Gasteiger partial charge in [-0.1, -0.05) is 26.0 Å². The van der Waals surface area contributed by atoms with Crippen LogP contribution in [0.25, 0.3) is 0 Å². The van der Waals surface area contributed by atoms with Gasteiger partial charge < -0.3 is 5.32 Å². The zero-order chi connectivity index (χ0) is 15.5. The second kappa shape index (κ2) is 6.90. The van der Waals surface area contributed by atoms with Crippen molar-refractivity contribution < 1.29 is 8.42 Å². The van der Waals surface area contributed by atoms with Gasteiger partial charge in [-0.15, -0.1) is 0 Å². The Balaban J connectivity index is 2.43. The summed E-state index contributed by atoms with van der Waals surface area (Å²) in [6, 6.07) is 6.02. The molecule has 118 valence electrons. The second-order valence-corrected chi connectivity index (χ2v) is 7.53. The van der Waals surface area contributed by atoms with Gasteiger partial charge in [0.1, 0.15) is 0 Å². The minimum absolute atomic E-state index is 0.215. The summed E-state index contributed by atoms with van der Waals surface area (Å²) in [7, 11) is -1.51. The van der Waals surface area contributed by atoms with E-state index in [1.165, 1.54) is 0 Å². The van der Waals surface area contributed by atoms with Crippen molar-refractivity contribution in [1.29, 1.82) is 0 Å². The van der Waals surface area contributed by atoms with Crippen LogP contribution in [0, 0.1) is 0 Å². The lowest BCUT2D eigenvalue weighted by molar-refractivity contribution is 0.403. The summed E-state index contributed by atoms with van der Waals surface area (Å²) in [4.78, 5) is 0.498. The summed E-state index contributed by atoms with van der Waals surface area (Å²) < 4.78 is 27.8. The van der Waals surface area contributed by atoms with E-state index in [2.05, 4.69) is 5.32 Å². The Labute approximate surface area is 128 Å². The molecule has 0 saturated heterocycles. The molecule has 0 aliphatic heterocycles. The van der Waals surface area contributed by atoms with Crippen molar-refractivity contribution in [2.24, 2.45) is 0 Å². The Bertz CT molecular complexity index is 580. The summed E-state index contributed by atoms with van der Waals surface area (Å²) in [6.45, 7) is 5.34. The van der Waals surface area contributed by atoms with Gasteiger partial charge in [-0.3, -0.25) is 0 Å². The molecule has 1 fully saturated rings. The van der Waals surface area contributed by atoms with Crippen LogP contribution in [-0.2, 0) is 23.0 Å². The Morgan fingerprint density at radius 3 is 2.52 bits per heavy atom. The van der Waals surface area contributed by atoms with E-state index >= 15 is 0 Å². The molecular formula is C16H26N2O2S. The average molecular weight is 310 g/mol. The van der Waals surface area contributed by atoms with Crippen molar-refractivity contribution in [3.05, 3.63) is 29.3 Å². The van der Waals surface area contributed by atoms with E-state index in [1.54, 1.807) is 4.31 Å². The van der Waals surface area contributed by atoms with E-state index in [4.69, 9.17) is 0 Å². The fourth-order valence-electron chi connectivity index (χ4n) is 2.65. The smallest absolute Gasteiger partial charge is 0.243 e. The highest BCUT2D eigenvalue weighted by molar-refractivity contribution is 7.89. The SMILES string of the molecule is CCCN(C1CC1)S(=O)(=O)c1cc(CNC)ccc1CC. The van der Waals surface area contributed by atoms with E-state index in [0.717, 1.165) is 36.8 Å². The maximum Gasteiger partial charge on any atom is 0.243 e. The molecule has 0 heterocycles. The van der Waals surface area contributed by atoms with E-state index in [-0.39, 0.29) is 6.04 Å². The van der Waals surface area contributed by atoms with Gasteiger partial charge in [0.25, 0.3) is 0 Å². The molecular weight excluding hydrogens is 284 g/mol. The topological polar surface area (TPSA) is 49.4 Å². The molecule has 0 spiro atoms. The third-order valence-corrected chi connectivity index (χ3v) is 5.91. The maximum absolute atomic E-state index is 13.0. The van der Waals surface area contributed by atoms with Gasteiger partial charge in [0.2, 0.25) is 10.0 Å². The minimum atomic E-state index is -3.38. The lowest BCUT2D eigenvalue weighted by Gasteiger charge is -2.23. The first-order valence-electron chi connectivity index (χ1n) is 7.82. The summed E-state index contributed by atoms with van der Waals surface area (Å²) in [6.07, 6.45) is 3.58. The van der Waals surface area contributed by atoms with Crippen LogP contribution < -0.4 is 5.32 Å². The molecule has 5 heteroatoms. The summed E-state index contributed by atoms with van der Waals surface area (Å²) in [5.41, 5.74) is 1.93. The number of nitrogens with zero attached hydrogens (tertiary/aromatic N) is 1. The van der Waals surface area contributed by atoms with Crippen LogP contribution in [-0.4, -0.2) is 32.4 Å². The highest BCUT2D eigenvalue weighted by atomic mass is 32.2. The first-order valence-corrected chi connectivity index (χ1v) is 9.26. The standard InChI is InChI=1S/C16H26N2O2S/c1-4-10-18(15-8-9-15)21(19,20)16-11-13(12-17-3)6-7-14(16)5-2/h6-7,11,15,17H,4-5,8-10,12H2,1-3H3. The van der Waals surface area contributed by atoms with Gasteiger partial charge in [-0.2, -0.15) is 4.31 Å². The van der Waals surface area contributed by atoms with Crippen LogP contribution in [0.3, 0.4) is 0 Å². The number of hydrogen-bond acceptors (Lipinski definition) is 3. The third-order valence-electron chi connectivity index (χ3n) is 3.88. The highest BCUT2D eigenvalue weighted by Gasteiger charge is 2.38.